The number of piperidine rings is 1. The van der Waals surface area contributed by atoms with E-state index in [1.165, 1.54) is 38.0 Å². The standard InChI is InChI=1S/C18H31N3.C2H6/c1-15(18(19-2)16-8-6-5-7-9-16)14-21-12-10-17(11-13-21)20(3)4;1-2/h5-9,15,17-19H,10-14H2,1-4H3;1-2H3/t15-,18?;/m0./s1. The molecule has 2 rings (SSSR count). The van der Waals surface area contributed by atoms with Crippen molar-refractivity contribution in [2.75, 3.05) is 40.8 Å². The molecule has 1 aliphatic heterocycles. The fraction of sp³-hybridized carbons (Fsp3) is 0.700. The Morgan fingerprint density at radius 1 is 1.13 bits per heavy atom. The zero-order valence-electron chi connectivity index (χ0n) is 16.0. The first-order valence-corrected chi connectivity index (χ1v) is 9.22. The van der Waals surface area contributed by atoms with Crippen molar-refractivity contribution < 1.29 is 0 Å². The molecule has 3 nitrogen and oxygen atoms in total. The zero-order valence-corrected chi connectivity index (χ0v) is 16.0. The fourth-order valence-electron chi connectivity index (χ4n) is 3.57. The average Bonchev–Trinajstić information content (AvgIpc) is 2.59. The number of likely N-dealkylation sites (tertiary alicyclic amines) is 1. The maximum atomic E-state index is 3.50. The van der Waals surface area contributed by atoms with Crippen molar-refractivity contribution in [3.05, 3.63) is 35.9 Å². The topological polar surface area (TPSA) is 18.5 Å². The van der Waals surface area contributed by atoms with Crippen LogP contribution in [0.2, 0.25) is 0 Å². The first kappa shape index (κ1) is 20.1. The largest absolute Gasteiger partial charge is 0.313 e. The number of rotatable bonds is 6. The van der Waals surface area contributed by atoms with Crippen LogP contribution in [0, 0.1) is 5.92 Å². The highest BCUT2D eigenvalue weighted by atomic mass is 15.2. The lowest BCUT2D eigenvalue weighted by molar-refractivity contribution is 0.125. The molecule has 0 amide bonds. The number of benzene rings is 1. The van der Waals surface area contributed by atoms with E-state index >= 15 is 0 Å². The summed E-state index contributed by atoms with van der Waals surface area (Å²) in [6.07, 6.45) is 2.60. The van der Waals surface area contributed by atoms with Gasteiger partial charge in [-0.1, -0.05) is 51.1 Å². The molecular formula is C20H37N3. The second kappa shape index (κ2) is 10.8. The minimum absolute atomic E-state index is 0.442. The molecule has 0 aliphatic carbocycles. The van der Waals surface area contributed by atoms with Crippen LogP contribution in [0.5, 0.6) is 0 Å². The molecule has 0 saturated carbocycles. The maximum absolute atomic E-state index is 3.50. The molecule has 0 spiro atoms. The molecule has 132 valence electrons. The Morgan fingerprint density at radius 2 is 1.70 bits per heavy atom. The number of hydrogen-bond donors (Lipinski definition) is 1. The van der Waals surface area contributed by atoms with Crippen LogP contribution < -0.4 is 5.32 Å². The minimum Gasteiger partial charge on any atom is -0.313 e. The SMILES string of the molecule is CC.CNC(c1ccccc1)[C@@H](C)CN1CCC(N(C)C)CC1. The second-order valence-corrected chi connectivity index (χ2v) is 6.65. The van der Waals surface area contributed by atoms with E-state index in [1.807, 2.05) is 13.8 Å². The second-order valence-electron chi connectivity index (χ2n) is 6.65. The molecule has 1 aliphatic rings. The maximum Gasteiger partial charge on any atom is 0.0355 e. The first-order valence-electron chi connectivity index (χ1n) is 9.22. The van der Waals surface area contributed by atoms with Gasteiger partial charge in [0.2, 0.25) is 0 Å². The van der Waals surface area contributed by atoms with Crippen molar-refractivity contribution in [1.82, 2.24) is 15.1 Å². The lowest BCUT2D eigenvalue weighted by Gasteiger charge is -2.37. The zero-order chi connectivity index (χ0) is 17.2. The molecule has 3 heteroatoms. The highest BCUT2D eigenvalue weighted by Crippen LogP contribution is 2.24. The van der Waals surface area contributed by atoms with Crippen LogP contribution in [-0.4, -0.2) is 56.6 Å². The van der Waals surface area contributed by atoms with E-state index < -0.39 is 0 Å². The summed E-state index contributed by atoms with van der Waals surface area (Å²) in [7, 11) is 6.48. The van der Waals surface area contributed by atoms with Crippen molar-refractivity contribution in [2.45, 2.75) is 45.7 Å². The number of hydrogen-bond acceptors (Lipinski definition) is 3. The van der Waals surface area contributed by atoms with Crippen LogP contribution in [0.15, 0.2) is 30.3 Å². The molecule has 1 aromatic rings. The third-order valence-corrected chi connectivity index (χ3v) is 4.87. The van der Waals surface area contributed by atoms with Gasteiger partial charge >= 0.3 is 0 Å². The van der Waals surface area contributed by atoms with E-state index in [0.717, 1.165) is 6.04 Å². The van der Waals surface area contributed by atoms with Crippen LogP contribution >= 0.6 is 0 Å². The van der Waals surface area contributed by atoms with Crippen molar-refractivity contribution in [3.63, 3.8) is 0 Å². The lowest BCUT2D eigenvalue weighted by atomic mass is 9.93. The van der Waals surface area contributed by atoms with E-state index in [9.17, 15) is 0 Å². The van der Waals surface area contributed by atoms with Crippen LogP contribution in [0.1, 0.15) is 45.2 Å². The minimum atomic E-state index is 0.442. The molecular weight excluding hydrogens is 282 g/mol. The van der Waals surface area contributed by atoms with Gasteiger partial charge in [-0.05, 0) is 58.6 Å². The molecule has 0 aromatic heterocycles. The Labute approximate surface area is 144 Å². The molecule has 1 unspecified atom stereocenters. The number of nitrogens with zero attached hydrogens (tertiary/aromatic N) is 2. The van der Waals surface area contributed by atoms with Crippen molar-refractivity contribution >= 4 is 0 Å². The van der Waals surface area contributed by atoms with Gasteiger partial charge in [-0.25, -0.2) is 0 Å². The summed E-state index contributed by atoms with van der Waals surface area (Å²) in [4.78, 5) is 5.01. The summed E-state index contributed by atoms with van der Waals surface area (Å²) in [5.41, 5.74) is 1.40. The summed E-state index contributed by atoms with van der Waals surface area (Å²) >= 11 is 0. The van der Waals surface area contributed by atoms with E-state index in [2.05, 4.69) is 73.5 Å². The van der Waals surface area contributed by atoms with Crippen LogP contribution in [0.25, 0.3) is 0 Å². The van der Waals surface area contributed by atoms with E-state index in [0.29, 0.717) is 12.0 Å². The molecule has 1 N–H and O–H groups in total. The van der Waals surface area contributed by atoms with Gasteiger partial charge in [0.15, 0.2) is 0 Å². The van der Waals surface area contributed by atoms with E-state index in [-0.39, 0.29) is 0 Å². The molecule has 2 atom stereocenters. The Hall–Kier alpha value is -0.900. The lowest BCUT2D eigenvalue weighted by Crippen LogP contribution is -2.44. The molecule has 1 saturated heterocycles. The predicted octanol–water partition coefficient (Wildman–Crippen LogP) is 3.64. The van der Waals surface area contributed by atoms with Crippen LogP contribution in [-0.2, 0) is 0 Å². The molecule has 1 aromatic carbocycles. The summed E-state index contributed by atoms with van der Waals surface area (Å²) in [6, 6.07) is 12.0. The molecule has 1 heterocycles. The van der Waals surface area contributed by atoms with Gasteiger partial charge in [-0.2, -0.15) is 0 Å². The van der Waals surface area contributed by atoms with Gasteiger partial charge in [-0.15, -0.1) is 0 Å². The Kier molecular flexibility index (Phi) is 9.46. The van der Waals surface area contributed by atoms with Crippen molar-refractivity contribution in [1.29, 1.82) is 0 Å². The smallest absolute Gasteiger partial charge is 0.0355 e. The van der Waals surface area contributed by atoms with Gasteiger partial charge in [0, 0.05) is 18.6 Å². The van der Waals surface area contributed by atoms with Gasteiger partial charge in [0.05, 0.1) is 0 Å². The first-order chi connectivity index (χ1) is 11.1. The van der Waals surface area contributed by atoms with Crippen LogP contribution in [0.3, 0.4) is 0 Å². The molecule has 0 bridgehead atoms. The van der Waals surface area contributed by atoms with Gasteiger partial charge in [0.25, 0.3) is 0 Å². The Balaban J connectivity index is 0.00000127. The van der Waals surface area contributed by atoms with Crippen LogP contribution in [0.4, 0.5) is 0 Å². The third kappa shape index (κ3) is 6.25. The highest BCUT2D eigenvalue weighted by molar-refractivity contribution is 5.19. The van der Waals surface area contributed by atoms with E-state index in [1.54, 1.807) is 0 Å². The normalized spacial score (nSPS) is 19.1. The van der Waals surface area contributed by atoms with E-state index in [4.69, 9.17) is 0 Å². The van der Waals surface area contributed by atoms with Gasteiger partial charge in [-0.3, -0.25) is 0 Å². The Bertz CT molecular complexity index is 397. The van der Waals surface area contributed by atoms with Crippen molar-refractivity contribution in [2.24, 2.45) is 5.92 Å². The highest BCUT2D eigenvalue weighted by Gasteiger charge is 2.24. The van der Waals surface area contributed by atoms with Gasteiger partial charge < -0.3 is 15.1 Å². The quantitative estimate of drug-likeness (QED) is 0.864. The van der Waals surface area contributed by atoms with Crippen molar-refractivity contribution in [3.8, 4) is 0 Å². The third-order valence-electron chi connectivity index (χ3n) is 4.87. The Morgan fingerprint density at radius 3 is 2.17 bits per heavy atom. The molecule has 0 radical (unpaired) electrons. The summed E-state index contributed by atoms with van der Waals surface area (Å²) < 4.78 is 0. The summed E-state index contributed by atoms with van der Waals surface area (Å²) in [5.74, 6) is 0.619. The average molecular weight is 320 g/mol. The fourth-order valence-corrected chi connectivity index (χ4v) is 3.57. The van der Waals surface area contributed by atoms with Gasteiger partial charge in [0.1, 0.15) is 0 Å². The molecule has 23 heavy (non-hydrogen) atoms. The molecule has 1 fully saturated rings. The number of nitrogens with one attached hydrogen (secondary N) is 1. The summed E-state index contributed by atoms with van der Waals surface area (Å²) in [6.45, 7) is 10.0. The predicted molar refractivity (Wildman–Crippen MR) is 102 cm³/mol. The summed E-state index contributed by atoms with van der Waals surface area (Å²) in [5, 5.41) is 3.50. The monoisotopic (exact) mass is 319 g/mol.